The molecule has 0 saturated heterocycles. The van der Waals surface area contributed by atoms with Crippen molar-refractivity contribution in [2.24, 2.45) is 0 Å². The maximum Gasteiger partial charge on any atom is 0.259 e. The Morgan fingerprint density at radius 3 is 2.73 bits per heavy atom. The smallest absolute Gasteiger partial charge is 0.259 e. The van der Waals surface area contributed by atoms with E-state index in [9.17, 15) is 4.79 Å². The van der Waals surface area contributed by atoms with Crippen molar-refractivity contribution in [2.75, 3.05) is 7.05 Å². The highest BCUT2D eigenvalue weighted by Gasteiger charge is 2.31. The second-order valence-corrected chi connectivity index (χ2v) is 5.64. The van der Waals surface area contributed by atoms with Crippen LogP contribution < -0.4 is 0 Å². The molecule has 1 aromatic carbocycles. The molecule has 3 aromatic rings. The van der Waals surface area contributed by atoms with Crippen molar-refractivity contribution < 1.29 is 4.79 Å². The maximum atomic E-state index is 12.6. The number of amides is 1. The molecule has 22 heavy (non-hydrogen) atoms. The van der Waals surface area contributed by atoms with Gasteiger partial charge in [0.15, 0.2) is 5.65 Å². The Hall–Kier alpha value is -2.69. The molecule has 110 valence electrons. The number of benzene rings is 1. The molecular weight excluding hydrogens is 276 g/mol. The van der Waals surface area contributed by atoms with Crippen LogP contribution in [-0.4, -0.2) is 38.5 Å². The van der Waals surface area contributed by atoms with Crippen LogP contribution >= 0.6 is 0 Å². The van der Waals surface area contributed by atoms with Gasteiger partial charge in [0.25, 0.3) is 5.91 Å². The molecule has 2 aromatic heterocycles. The van der Waals surface area contributed by atoms with Crippen LogP contribution in [0.1, 0.15) is 23.2 Å². The number of fused-ring (bicyclic) bond motifs is 1. The average Bonchev–Trinajstić information content (AvgIpc) is 3.33. The van der Waals surface area contributed by atoms with Crippen LogP contribution in [0.15, 0.2) is 48.8 Å². The summed E-state index contributed by atoms with van der Waals surface area (Å²) < 4.78 is 1.74. The monoisotopic (exact) mass is 292 g/mol. The topological polar surface area (TPSA) is 50.5 Å². The van der Waals surface area contributed by atoms with Crippen molar-refractivity contribution in [1.82, 2.24) is 19.5 Å². The van der Waals surface area contributed by atoms with Crippen LogP contribution in [0.2, 0.25) is 0 Å². The van der Waals surface area contributed by atoms with E-state index in [2.05, 4.69) is 10.1 Å². The first kappa shape index (κ1) is 13.0. The summed E-state index contributed by atoms with van der Waals surface area (Å²) in [4.78, 5) is 18.7. The summed E-state index contributed by atoms with van der Waals surface area (Å²) in [6.45, 7) is 0. The van der Waals surface area contributed by atoms with E-state index in [1.54, 1.807) is 21.8 Å². The number of rotatable bonds is 3. The lowest BCUT2D eigenvalue weighted by molar-refractivity contribution is 0.0787. The maximum absolute atomic E-state index is 12.6. The van der Waals surface area contributed by atoms with Gasteiger partial charge in [-0.2, -0.15) is 5.10 Å². The lowest BCUT2D eigenvalue weighted by Gasteiger charge is -2.15. The highest BCUT2D eigenvalue weighted by Crippen LogP contribution is 2.28. The highest BCUT2D eigenvalue weighted by atomic mass is 16.2. The predicted molar refractivity (Wildman–Crippen MR) is 83.5 cm³/mol. The van der Waals surface area contributed by atoms with Gasteiger partial charge in [0.1, 0.15) is 5.56 Å². The van der Waals surface area contributed by atoms with Crippen LogP contribution in [0, 0.1) is 0 Å². The summed E-state index contributed by atoms with van der Waals surface area (Å²) >= 11 is 0. The Morgan fingerprint density at radius 2 is 2.00 bits per heavy atom. The Balaban J connectivity index is 1.81. The second-order valence-electron chi connectivity index (χ2n) is 5.64. The Morgan fingerprint density at radius 1 is 1.23 bits per heavy atom. The first-order valence-electron chi connectivity index (χ1n) is 7.41. The minimum atomic E-state index is -0.00443. The zero-order chi connectivity index (χ0) is 15.1. The number of hydrogen-bond acceptors (Lipinski definition) is 3. The first-order valence-corrected chi connectivity index (χ1v) is 7.41. The molecule has 1 fully saturated rings. The lowest BCUT2D eigenvalue weighted by Crippen LogP contribution is -2.28. The summed E-state index contributed by atoms with van der Waals surface area (Å²) in [6.07, 6.45) is 5.53. The molecule has 0 radical (unpaired) electrons. The molecule has 5 nitrogen and oxygen atoms in total. The lowest BCUT2D eigenvalue weighted by atomic mass is 10.1. The van der Waals surface area contributed by atoms with E-state index in [4.69, 9.17) is 0 Å². The number of carbonyl (C=O) groups excluding carboxylic acids is 1. The number of nitrogens with zero attached hydrogens (tertiary/aromatic N) is 4. The van der Waals surface area contributed by atoms with Crippen LogP contribution in [0.25, 0.3) is 16.9 Å². The number of hydrogen-bond donors (Lipinski definition) is 0. The van der Waals surface area contributed by atoms with E-state index in [1.807, 2.05) is 43.4 Å². The molecule has 0 unspecified atom stereocenters. The SMILES string of the molecule is CN(C(=O)c1cnn2c(-c3ccccc3)ccnc12)C1CC1. The van der Waals surface area contributed by atoms with Crippen LogP contribution in [-0.2, 0) is 0 Å². The highest BCUT2D eigenvalue weighted by molar-refractivity contribution is 6.00. The fourth-order valence-corrected chi connectivity index (χ4v) is 2.69. The minimum absolute atomic E-state index is 0.00443. The van der Waals surface area contributed by atoms with Crippen molar-refractivity contribution >= 4 is 11.6 Å². The third-order valence-electron chi connectivity index (χ3n) is 4.12. The molecule has 1 amide bonds. The fraction of sp³-hybridized carbons (Fsp3) is 0.235. The molecule has 2 heterocycles. The van der Waals surface area contributed by atoms with Crippen LogP contribution in [0.5, 0.6) is 0 Å². The molecule has 4 rings (SSSR count). The van der Waals surface area contributed by atoms with Gasteiger partial charge in [-0.3, -0.25) is 4.79 Å². The summed E-state index contributed by atoms with van der Waals surface area (Å²) in [7, 11) is 1.85. The van der Waals surface area contributed by atoms with Gasteiger partial charge < -0.3 is 4.90 Å². The molecule has 0 N–H and O–H groups in total. The molecule has 0 spiro atoms. The third kappa shape index (κ3) is 2.06. The van der Waals surface area contributed by atoms with Crippen molar-refractivity contribution in [3.63, 3.8) is 0 Å². The largest absolute Gasteiger partial charge is 0.339 e. The van der Waals surface area contributed by atoms with Crippen LogP contribution in [0.3, 0.4) is 0 Å². The van der Waals surface area contributed by atoms with E-state index in [1.165, 1.54) is 0 Å². The van der Waals surface area contributed by atoms with E-state index >= 15 is 0 Å². The molecular formula is C17H16N4O. The minimum Gasteiger partial charge on any atom is -0.339 e. The van der Waals surface area contributed by atoms with Gasteiger partial charge in [-0.15, -0.1) is 0 Å². The molecule has 0 atom stereocenters. The number of carbonyl (C=O) groups is 1. The molecule has 1 aliphatic rings. The summed E-state index contributed by atoms with van der Waals surface area (Å²) in [6, 6.07) is 12.3. The summed E-state index contributed by atoms with van der Waals surface area (Å²) in [5.74, 6) is -0.00443. The second kappa shape index (κ2) is 4.94. The van der Waals surface area contributed by atoms with Gasteiger partial charge in [0, 0.05) is 24.8 Å². The quantitative estimate of drug-likeness (QED) is 0.745. The van der Waals surface area contributed by atoms with Gasteiger partial charge >= 0.3 is 0 Å². The Kier molecular flexibility index (Phi) is 2.92. The van der Waals surface area contributed by atoms with E-state index in [0.29, 0.717) is 17.3 Å². The zero-order valence-electron chi connectivity index (χ0n) is 12.3. The van der Waals surface area contributed by atoms with Crippen molar-refractivity contribution in [1.29, 1.82) is 0 Å². The number of aromatic nitrogens is 3. The van der Waals surface area contributed by atoms with Gasteiger partial charge in [0.05, 0.1) is 11.9 Å². The molecule has 5 heteroatoms. The fourth-order valence-electron chi connectivity index (χ4n) is 2.69. The molecule has 1 saturated carbocycles. The van der Waals surface area contributed by atoms with Gasteiger partial charge in [-0.05, 0) is 18.9 Å². The summed E-state index contributed by atoms with van der Waals surface area (Å²) in [5, 5.41) is 4.38. The molecule has 0 aliphatic heterocycles. The predicted octanol–water partition coefficient (Wildman–Crippen LogP) is 2.63. The Bertz CT molecular complexity index is 836. The Labute approximate surface area is 128 Å². The normalized spacial score (nSPS) is 14.2. The van der Waals surface area contributed by atoms with Crippen molar-refractivity contribution in [3.05, 3.63) is 54.4 Å². The van der Waals surface area contributed by atoms with Gasteiger partial charge in [-0.25, -0.2) is 9.50 Å². The standard InChI is InChI=1S/C17H16N4O/c1-20(13-7-8-13)17(22)14-11-19-21-15(9-10-18-16(14)21)12-5-3-2-4-6-12/h2-6,9-11,13H,7-8H2,1H3. The third-order valence-corrected chi connectivity index (χ3v) is 4.12. The average molecular weight is 292 g/mol. The summed E-state index contributed by atoms with van der Waals surface area (Å²) in [5.41, 5.74) is 3.15. The molecule has 1 aliphatic carbocycles. The van der Waals surface area contributed by atoms with Gasteiger partial charge in [-0.1, -0.05) is 30.3 Å². The van der Waals surface area contributed by atoms with E-state index < -0.39 is 0 Å². The van der Waals surface area contributed by atoms with Gasteiger partial charge in [0.2, 0.25) is 0 Å². The van der Waals surface area contributed by atoms with E-state index in [-0.39, 0.29) is 5.91 Å². The van der Waals surface area contributed by atoms with Crippen molar-refractivity contribution in [2.45, 2.75) is 18.9 Å². The van der Waals surface area contributed by atoms with E-state index in [0.717, 1.165) is 24.1 Å². The molecule has 0 bridgehead atoms. The zero-order valence-corrected chi connectivity index (χ0v) is 12.3. The van der Waals surface area contributed by atoms with Crippen molar-refractivity contribution in [3.8, 4) is 11.3 Å². The van der Waals surface area contributed by atoms with Crippen LogP contribution in [0.4, 0.5) is 0 Å². The first-order chi connectivity index (χ1) is 10.8.